The first-order valence-corrected chi connectivity index (χ1v) is 8.54. The normalized spacial score (nSPS) is 24.8. The van der Waals surface area contributed by atoms with Crippen molar-refractivity contribution in [3.8, 4) is 0 Å². The minimum absolute atomic E-state index is 0.0747. The molecule has 6 nitrogen and oxygen atoms in total. The van der Waals surface area contributed by atoms with E-state index in [9.17, 15) is 9.59 Å². The summed E-state index contributed by atoms with van der Waals surface area (Å²) in [5, 5.41) is 12.2. The fourth-order valence-electron chi connectivity index (χ4n) is 3.45. The maximum Gasteiger partial charge on any atom is 0.317 e. The molecular weight excluding hydrogens is 308 g/mol. The molecule has 0 spiro atoms. The van der Waals surface area contributed by atoms with Crippen molar-refractivity contribution < 1.29 is 19.4 Å². The molecule has 24 heavy (non-hydrogen) atoms. The molecule has 130 valence electrons. The van der Waals surface area contributed by atoms with Gasteiger partial charge in [-0.15, -0.1) is 0 Å². The molecule has 1 aromatic carbocycles. The van der Waals surface area contributed by atoms with E-state index in [0.717, 1.165) is 31.6 Å². The van der Waals surface area contributed by atoms with Crippen molar-refractivity contribution in [2.45, 2.75) is 25.3 Å². The number of nitrogens with zero attached hydrogens (tertiary/aromatic N) is 1. The smallest absolute Gasteiger partial charge is 0.317 e. The Balaban J connectivity index is 1.65. The molecule has 0 bridgehead atoms. The lowest BCUT2D eigenvalue weighted by atomic mass is 9.94. The highest BCUT2D eigenvalue weighted by Gasteiger charge is 2.32. The number of aliphatic carboxylic acids is 1. The summed E-state index contributed by atoms with van der Waals surface area (Å²) in [6.45, 7) is 2.31. The summed E-state index contributed by atoms with van der Waals surface area (Å²) in [5.74, 6) is -0.831. The number of nitrogens with one attached hydrogen (secondary N) is 1. The van der Waals surface area contributed by atoms with Gasteiger partial charge >= 0.3 is 12.0 Å². The molecule has 2 amide bonds. The Morgan fingerprint density at radius 2 is 2.08 bits per heavy atom. The van der Waals surface area contributed by atoms with Crippen molar-refractivity contribution >= 4 is 12.0 Å². The first-order chi connectivity index (χ1) is 11.6. The van der Waals surface area contributed by atoms with Crippen LogP contribution >= 0.6 is 0 Å². The quantitative estimate of drug-likeness (QED) is 0.867. The third kappa shape index (κ3) is 4.06. The molecule has 0 aliphatic carbocycles. The van der Waals surface area contributed by atoms with Crippen LogP contribution in [0.3, 0.4) is 0 Å². The van der Waals surface area contributed by atoms with Gasteiger partial charge in [0.15, 0.2) is 0 Å². The van der Waals surface area contributed by atoms with E-state index in [4.69, 9.17) is 9.84 Å². The van der Waals surface area contributed by atoms with Crippen LogP contribution in [-0.4, -0.2) is 48.3 Å². The van der Waals surface area contributed by atoms with Crippen LogP contribution in [0.15, 0.2) is 30.3 Å². The molecule has 3 unspecified atom stereocenters. The van der Waals surface area contributed by atoms with E-state index in [1.54, 1.807) is 4.90 Å². The highest BCUT2D eigenvalue weighted by molar-refractivity contribution is 5.77. The highest BCUT2D eigenvalue weighted by Crippen LogP contribution is 2.27. The summed E-state index contributed by atoms with van der Waals surface area (Å²) in [4.78, 5) is 25.2. The molecule has 0 aromatic heterocycles. The standard InChI is InChI=1S/C18H24N2O4/c21-17(22)15-6-8-20(11-15)18(23)19-16(10-13-7-9-24-12-13)14-4-2-1-3-5-14/h1-5,13,15-16H,6-12H2,(H,19,23)(H,21,22). The Morgan fingerprint density at radius 3 is 2.71 bits per heavy atom. The van der Waals surface area contributed by atoms with Gasteiger partial charge in [0.1, 0.15) is 0 Å². The van der Waals surface area contributed by atoms with Crippen LogP contribution in [0.5, 0.6) is 0 Å². The van der Waals surface area contributed by atoms with Crippen molar-refractivity contribution in [3.05, 3.63) is 35.9 Å². The SMILES string of the molecule is O=C(O)C1CCN(C(=O)NC(CC2CCOC2)c2ccccc2)C1. The number of ether oxygens (including phenoxy) is 1. The minimum atomic E-state index is -0.826. The second kappa shape index (κ2) is 7.66. The van der Waals surface area contributed by atoms with Crippen LogP contribution in [0.2, 0.25) is 0 Å². The Kier molecular flexibility index (Phi) is 5.35. The van der Waals surface area contributed by atoms with E-state index in [1.807, 2.05) is 30.3 Å². The number of amides is 2. The predicted octanol–water partition coefficient (Wildman–Crippen LogP) is 2.27. The molecule has 1 aromatic rings. The first-order valence-electron chi connectivity index (χ1n) is 8.54. The van der Waals surface area contributed by atoms with Gasteiger partial charge in [-0.1, -0.05) is 30.3 Å². The van der Waals surface area contributed by atoms with Gasteiger partial charge in [0.2, 0.25) is 0 Å². The number of carbonyl (C=O) groups is 2. The Morgan fingerprint density at radius 1 is 1.29 bits per heavy atom. The van der Waals surface area contributed by atoms with Gasteiger partial charge in [0, 0.05) is 26.3 Å². The lowest BCUT2D eigenvalue weighted by Gasteiger charge is -2.25. The number of carboxylic acid groups (broad SMARTS) is 1. The van der Waals surface area contributed by atoms with Gasteiger partial charge in [-0.2, -0.15) is 0 Å². The molecule has 2 fully saturated rings. The Labute approximate surface area is 141 Å². The van der Waals surface area contributed by atoms with Gasteiger partial charge in [-0.3, -0.25) is 4.79 Å². The molecule has 0 saturated carbocycles. The largest absolute Gasteiger partial charge is 0.481 e. The predicted molar refractivity (Wildman–Crippen MR) is 88.6 cm³/mol. The number of likely N-dealkylation sites (tertiary alicyclic amines) is 1. The second-order valence-corrected chi connectivity index (χ2v) is 6.65. The summed E-state index contributed by atoms with van der Waals surface area (Å²) in [7, 11) is 0. The van der Waals surface area contributed by atoms with Crippen LogP contribution in [-0.2, 0) is 9.53 Å². The Hall–Kier alpha value is -2.08. The number of hydrogen-bond donors (Lipinski definition) is 2. The van der Waals surface area contributed by atoms with E-state index in [1.165, 1.54) is 0 Å². The number of carboxylic acids is 1. The molecule has 3 atom stereocenters. The highest BCUT2D eigenvalue weighted by atomic mass is 16.5. The topological polar surface area (TPSA) is 78.9 Å². The molecule has 2 N–H and O–H groups in total. The van der Waals surface area contributed by atoms with Crippen molar-refractivity contribution in [1.29, 1.82) is 0 Å². The number of carbonyl (C=O) groups excluding carboxylic acids is 1. The van der Waals surface area contributed by atoms with Crippen molar-refractivity contribution in [3.63, 3.8) is 0 Å². The molecule has 6 heteroatoms. The zero-order chi connectivity index (χ0) is 16.9. The fourth-order valence-corrected chi connectivity index (χ4v) is 3.45. The van der Waals surface area contributed by atoms with Crippen LogP contribution in [0.1, 0.15) is 30.9 Å². The molecule has 2 aliphatic rings. The summed E-state index contributed by atoms with van der Waals surface area (Å²) < 4.78 is 5.45. The van der Waals surface area contributed by atoms with Crippen LogP contribution < -0.4 is 5.32 Å². The molecule has 2 aliphatic heterocycles. The van der Waals surface area contributed by atoms with Crippen molar-refractivity contribution in [1.82, 2.24) is 10.2 Å². The lowest BCUT2D eigenvalue weighted by molar-refractivity contribution is -0.141. The number of urea groups is 1. The van der Waals surface area contributed by atoms with E-state index in [2.05, 4.69) is 5.32 Å². The average Bonchev–Trinajstić information content (AvgIpc) is 3.26. The van der Waals surface area contributed by atoms with Gasteiger partial charge in [0.05, 0.1) is 12.0 Å². The van der Waals surface area contributed by atoms with Gasteiger partial charge in [-0.05, 0) is 30.7 Å². The van der Waals surface area contributed by atoms with Crippen molar-refractivity contribution in [2.75, 3.05) is 26.3 Å². The average molecular weight is 332 g/mol. The van der Waals surface area contributed by atoms with Gasteiger partial charge < -0.3 is 20.1 Å². The van der Waals surface area contributed by atoms with E-state index in [-0.39, 0.29) is 18.6 Å². The van der Waals surface area contributed by atoms with Crippen LogP contribution in [0, 0.1) is 11.8 Å². The number of hydrogen-bond acceptors (Lipinski definition) is 3. The minimum Gasteiger partial charge on any atom is -0.481 e. The maximum atomic E-state index is 12.6. The van der Waals surface area contributed by atoms with Crippen LogP contribution in [0.4, 0.5) is 4.79 Å². The Bertz CT molecular complexity index is 572. The summed E-state index contributed by atoms with van der Waals surface area (Å²) in [5.41, 5.74) is 1.08. The first kappa shape index (κ1) is 16.8. The summed E-state index contributed by atoms with van der Waals surface area (Å²) in [6, 6.07) is 9.68. The zero-order valence-corrected chi connectivity index (χ0v) is 13.7. The summed E-state index contributed by atoms with van der Waals surface area (Å²) >= 11 is 0. The summed E-state index contributed by atoms with van der Waals surface area (Å²) in [6.07, 6.45) is 2.38. The molecule has 2 heterocycles. The van der Waals surface area contributed by atoms with E-state index < -0.39 is 11.9 Å². The molecule has 2 saturated heterocycles. The van der Waals surface area contributed by atoms with Gasteiger partial charge in [-0.25, -0.2) is 4.79 Å². The van der Waals surface area contributed by atoms with Gasteiger partial charge in [0.25, 0.3) is 0 Å². The molecular formula is C18H24N2O4. The maximum absolute atomic E-state index is 12.6. The third-order valence-corrected chi connectivity index (χ3v) is 4.92. The van der Waals surface area contributed by atoms with Crippen molar-refractivity contribution in [2.24, 2.45) is 11.8 Å². The van der Waals surface area contributed by atoms with Crippen LogP contribution in [0.25, 0.3) is 0 Å². The number of benzene rings is 1. The third-order valence-electron chi connectivity index (χ3n) is 4.92. The fraction of sp³-hybridized carbons (Fsp3) is 0.556. The second-order valence-electron chi connectivity index (χ2n) is 6.65. The number of rotatable bonds is 5. The molecule has 0 radical (unpaired) electrons. The van der Waals surface area contributed by atoms with E-state index >= 15 is 0 Å². The lowest BCUT2D eigenvalue weighted by Crippen LogP contribution is -2.41. The monoisotopic (exact) mass is 332 g/mol. The van der Waals surface area contributed by atoms with E-state index in [0.29, 0.717) is 18.9 Å². The zero-order valence-electron chi connectivity index (χ0n) is 13.7. The molecule has 3 rings (SSSR count).